The van der Waals surface area contributed by atoms with Crippen molar-refractivity contribution >= 4 is 17.4 Å². The Labute approximate surface area is 176 Å². The Hall–Kier alpha value is -3.41. The second-order valence-electron chi connectivity index (χ2n) is 7.35. The molecule has 6 heteroatoms. The fourth-order valence-corrected chi connectivity index (χ4v) is 3.61. The summed E-state index contributed by atoms with van der Waals surface area (Å²) in [5, 5.41) is 11.7. The number of nitrogens with zero attached hydrogens (tertiary/aromatic N) is 3. The highest BCUT2D eigenvalue weighted by molar-refractivity contribution is 5.92. The van der Waals surface area contributed by atoms with Gasteiger partial charge in [-0.05, 0) is 61.7 Å². The fraction of sp³-hybridized carbons (Fsp3) is 0.292. The van der Waals surface area contributed by atoms with Crippen LogP contribution >= 0.6 is 0 Å². The summed E-state index contributed by atoms with van der Waals surface area (Å²) in [6.45, 7) is 4.66. The summed E-state index contributed by atoms with van der Waals surface area (Å²) in [5.41, 5.74) is 3.40. The Morgan fingerprint density at radius 1 is 1.03 bits per heavy atom. The predicted molar refractivity (Wildman–Crippen MR) is 119 cm³/mol. The third-order valence-electron chi connectivity index (χ3n) is 5.12. The molecule has 0 saturated carbocycles. The molecule has 1 amide bonds. The molecule has 0 atom stereocenters. The van der Waals surface area contributed by atoms with Crippen LogP contribution in [0.4, 0.5) is 11.5 Å². The van der Waals surface area contributed by atoms with Crippen molar-refractivity contribution in [1.29, 1.82) is 0 Å². The van der Waals surface area contributed by atoms with Gasteiger partial charge in [0.05, 0.1) is 18.7 Å². The zero-order chi connectivity index (χ0) is 20.8. The summed E-state index contributed by atoms with van der Waals surface area (Å²) >= 11 is 0. The minimum absolute atomic E-state index is 0.0632. The Kier molecular flexibility index (Phi) is 6.23. The second kappa shape index (κ2) is 9.39. The predicted octanol–water partition coefficient (Wildman–Crippen LogP) is 4.32. The summed E-state index contributed by atoms with van der Waals surface area (Å²) in [5.74, 6) is 1.68. The van der Waals surface area contributed by atoms with Crippen LogP contribution in [0, 0.1) is 0 Å². The van der Waals surface area contributed by atoms with Crippen LogP contribution in [0.1, 0.15) is 25.3 Å². The van der Waals surface area contributed by atoms with Gasteiger partial charge in [0, 0.05) is 24.3 Å². The van der Waals surface area contributed by atoms with Crippen molar-refractivity contribution in [2.45, 2.75) is 26.2 Å². The van der Waals surface area contributed by atoms with E-state index in [9.17, 15) is 4.79 Å². The number of ether oxygens (including phenoxy) is 1. The molecule has 0 unspecified atom stereocenters. The van der Waals surface area contributed by atoms with Crippen molar-refractivity contribution in [2.24, 2.45) is 0 Å². The SMILES string of the molecule is CCOc1ccc(CC(=O)Nc2cccc(-c3ccc(N4CCCC4)nn3)c2)cc1. The van der Waals surface area contributed by atoms with Crippen LogP contribution in [0.25, 0.3) is 11.3 Å². The molecule has 1 aromatic heterocycles. The molecule has 4 rings (SSSR count). The molecular weight excluding hydrogens is 376 g/mol. The quantitative estimate of drug-likeness (QED) is 0.637. The molecule has 2 heterocycles. The molecular formula is C24H26N4O2. The van der Waals surface area contributed by atoms with Gasteiger partial charge in [-0.3, -0.25) is 4.79 Å². The van der Waals surface area contributed by atoms with Gasteiger partial charge in [0.15, 0.2) is 5.82 Å². The van der Waals surface area contributed by atoms with E-state index in [1.807, 2.05) is 67.6 Å². The van der Waals surface area contributed by atoms with E-state index in [-0.39, 0.29) is 5.91 Å². The van der Waals surface area contributed by atoms with E-state index in [2.05, 4.69) is 20.4 Å². The maximum atomic E-state index is 12.5. The molecule has 0 radical (unpaired) electrons. The van der Waals surface area contributed by atoms with E-state index >= 15 is 0 Å². The first-order valence-corrected chi connectivity index (χ1v) is 10.4. The van der Waals surface area contributed by atoms with Gasteiger partial charge in [0.1, 0.15) is 5.75 Å². The number of rotatable bonds is 7. The van der Waals surface area contributed by atoms with Crippen molar-refractivity contribution < 1.29 is 9.53 Å². The minimum Gasteiger partial charge on any atom is -0.494 e. The van der Waals surface area contributed by atoms with Crippen LogP contribution in [-0.4, -0.2) is 35.8 Å². The maximum absolute atomic E-state index is 12.5. The van der Waals surface area contributed by atoms with Crippen LogP contribution in [0.15, 0.2) is 60.7 Å². The number of benzene rings is 2. The molecule has 6 nitrogen and oxygen atoms in total. The summed E-state index contributed by atoms with van der Waals surface area (Å²) in [7, 11) is 0. The average Bonchev–Trinajstić information content (AvgIpc) is 3.31. The number of nitrogens with one attached hydrogen (secondary N) is 1. The van der Waals surface area contributed by atoms with Crippen LogP contribution in [0.2, 0.25) is 0 Å². The van der Waals surface area contributed by atoms with Crippen molar-refractivity contribution in [3.8, 4) is 17.0 Å². The van der Waals surface area contributed by atoms with E-state index in [0.717, 1.165) is 47.2 Å². The number of hydrogen-bond acceptors (Lipinski definition) is 5. The normalized spacial score (nSPS) is 13.3. The van der Waals surface area contributed by atoms with Crippen LogP contribution < -0.4 is 15.0 Å². The highest BCUT2D eigenvalue weighted by Gasteiger charge is 2.14. The zero-order valence-electron chi connectivity index (χ0n) is 17.2. The van der Waals surface area contributed by atoms with E-state index < -0.39 is 0 Å². The zero-order valence-corrected chi connectivity index (χ0v) is 17.2. The van der Waals surface area contributed by atoms with Crippen molar-refractivity contribution in [3.63, 3.8) is 0 Å². The van der Waals surface area contributed by atoms with Crippen LogP contribution in [0.5, 0.6) is 5.75 Å². The van der Waals surface area contributed by atoms with Gasteiger partial charge < -0.3 is 15.0 Å². The third kappa shape index (κ3) is 4.95. The number of hydrogen-bond donors (Lipinski definition) is 1. The fourth-order valence-electron chi connectivity index (χ4n) is 3.61. The lowest BCUT2D eigenvalue weighted by atomic mass is 10.1. The topological polar surface area (TPSA) is 67.3 Å². The van der Waals surface area contributed by atoms with Crippen molar-refractivity contribution in [3.05, 3.63) is 66.2 Å². The van der Waals surface area contributed by atoms with Crippen LogP contribution in [0.3, 0.4) is 0 Å². The highest BCUT2D eigenvalue weighted by Crippen LogP contribution is 2.23. The van der Waals surface area contributed by atoms with Gasteiger partial charge in [-0.25, -0.2) is 0 Å². The summed E-state index contributed by atoms with van der Waals surface area (Å²) in [4.78, 5) is 14.7. The molecule has 30 heavy (non-hydrogen) atoms. The molecule has 2 aromatic carbocycles. The lowest BCUT2D eigenvalue weighted by Gasteiger charge is -2.15. The first-order chi connectivity index (χ1) is 14.7. The van der Waals surface area contributed by atoms with Crippen LogP contribution in [-0.2, 0) is 11.2 Å². The van der Waals surface area contributed by atoms with E-state index in [1.165, 1.54) is 12.8 Å². The number of aromatic nitrogens is 2. The minimum atomic E-state index is -0.0632. The van der Waals surface area contributed by atoms with Gasteiger partial charge in [-0.2, -0.15) is 0 Å². The largest absolute Gasteiger partial charge is 0.494 e. The van der Waals surface area contributed by atoms with E-state index in [1.54, 1.807) is 0 Å². The number of anilines is 2. The molecule has 1 fully saturated rings. The summed E-state index contributed by atoms with van der Waals surface area (Å²) < 4.78 is 5.44. The summed E-state index contributed by atoms with van der Waals surface area (Å²) in [6, 6.07) is 19.3. The molecule has 1 aliphatic rings. The third-order valence-corrected chi connectivity index (χ3v) is 5.12. The molecule has 1 saturated heterocycles. The Bertz CT molecular complexity index is 981. The molecule has 0 spiro atoms. The highest BCUT2D eigenvalue weighted by atomic mass is 16.5. The van der Waals surface area contributed by atoms with Gasteiger partial charge in [0.2, 0.25) is 5.91 Å². The first-order valence-electron chi connectivity index (χ1n) is 10.4. The number of carbonyl (C=O) groups is 1. The standard InChI is InChI=1S/C24H26N4O2/c1-2-30-21-10-8-18(9-11-21)16-24(29)25-20-7-5-6-19(17-20)22-12-13-23(27-26-22)28-14-3-4-15-28/h5-13,17H,2-4,14-16H2,1H3,(H,25,29). The van der Waals surface area contributed by atoms with E-state index in [4.69, 9.17) is 4.74 Å². The van der Waals surface area contributed by atoms with Crippen molar-refractivity contribution in [2.75, 3.05) is 29.9 Å². The Balaban J connectivity index is 1.39. The first kappa shape index (κ1) is 19.9. The smallest absolute Gasteiger partial charge is 0.228 e. The number of amides is 1. The molecule has 0 bridgehead atoms. The molecule has 1 N–H and O–H groups in total. The molecule has 0 aliphatic carbocycles. The molecule has 1 aliphatic heterocycles. The van der Waals surface area contributed by atoms with Gasteiger partial charge in [-0.15, -0.1) is 10.2 Å². The molecule has 154 valence electrons. The van der Waals surface area contributed by atoms with Gasteiger partial charge in [-0.1, -0.05) is 24.3 Å². The summed E-state index contributed by atoms with van der Waals surface area (Å²) in [6.07, 6.45) is 2.73. The van der Waals surface area contributed by atoms with E-state index in [0.29, 0.717) is 13.0 Å². The lowest BCUT2D eigenvalue weighted by Crippen LogP contribution is -2.19. The Morgan fingerprint density at radius 3 is 2.53 bits per heavy atom. The lowest BCUT2D eigenvalue weighted by molar-refractivity contribution is -0.115. The average molecular weight is 402 g/mol. The van der Waals surface area contributed by atoms with Crippen molar-refractivity contribution in [1.82, 2.24) is 10.2 Å². The Morgan fingerprint density at radius 2 is 1.83 bits per heavy atom. The monoisotopic (exact) mass is 402 g/mol. The maximum Gasteiger partial charge on any atom is 0.228 e. The number of carbonyl (C=O) groups excluding carboxylic acids is 1. The van der Waals surface area contributed by atoms with Gasteiger partial charge in [0.25, 0.3) is 0 Å². The van der Waals surface area contributed by atoms with Gasteiger partial charge >= 0.3 is 0 Å². The molecule has 3 aromatic rings. The second-order valence-corrected chi connectivity index (χ2v) is 7.35.